The Hall–Kier alpha value is -2.81. The first kappa shape index (κ1) is 16.1. The van der Waals surface area contributed by atoms with Crippen LogP contribution in [0.5, 0.6) is 5.75 Å². The van der Waals surface area contributed by atoms with Gasteiger partial charge in [0.2, 0.25) is 0 Å². The lowest BCUT2D eigenvalue weighted by Crippen LogP contribution is -2.30. The van der Waals surface area contributed by atoms with Crippen molar-refractivity contribution in [1.82, 2.24) is 0 Å². The van der Waals surface area contributed by atoms with E-state index in [1.807, 2.05) is 74.5 Å². The molecule has 0 bridgehead atoms. The highest BCUT2D eigenvalue weighted by molar-refractivity contribution is 5.84. The highest BCUT2D eigenvalue weighted by Crippen LogP contribution is 2.23. The molecule has 3 aromatic carbocycles. The minimum Gasteiger partial charge on any atom is -0.478 e. The molecule has 0 saturated heterocycles. The predicted octanol–water partition coefficient (Wildman–Crippen LogP) is 4.53. The lowest BCUT2D eigenvalue weighted by atomic mass is 9.97. The lowest BCUT2D eigenvalue weighted by Gasteiger charge is -2.18. The Bertz CT molecular complexity index is 863. The summed E-state index contributed by atoms with van der Waals surface area (Å²) in [5.41, 5.74) is 3.21. The van der Waals surface area contributed by atoms with E-state index in [2.05, 4.69) is 0 Å². The molecule has 24 heavy (non-hydrogen) atoms. The molecule has 3 nitrogen and oxygen atoms in total. The fourth-order valence-corrected chi connectivity index (χ4v) is 2.94. The Morgan fingerprint density at radius 3 is 2.29 bits per heavy atom. The number of hydrogen-bond donors (Lipinski definition) is 1. The second-order valence-corrected chi connectivity index (χ2v) is 6.03. The zero-order valence-corrected chi connectivity index (χ0v) is 13.8. The maximum absolute atomic E-state index is 11.7. The number of ether oxygens (including phenoxy) is 1. The monoisotopic (exact) mass is 320 g/mol. The van der Waals surface area contributed by atoms with Crippen molar-refractivity contribution in [2.24, 2.45) is 0 Å². The standard InChI is InChI=1S/C21H20O3/c1-14-6-5-7-15(2)19(14)13-20(21(22)23)24-18-11-10-16-8-3-4-9-17(16)12-18/h3-12,20H,13H2,1-2H3,(H,22,23)/t20-/m1/s1. The van der Waals surface area contributed by atoms with Crippen LogP contribution in [0.15, 0.2) is 60.7 Å². The quantitative estimate of drug-likeness (QED) is 0.751. The number of hydrogen-bond acceptors (Lipinski definition) is 2. The van der Waals surface area contributed by atoms with E-state index >= 15 is 0 Å². The third-order valence-corrected chi connectivity index (χ3v) is 4.31. The van der Waals surface area contributed by atoms with Crippen LogP contribution in [0, 0.1) is 13.8 Å². The molecule has 3 rings (SSSR count). The maximum Gasteiger partial charge on any atom is 0.345 e. The molecule has 0 amide bonds. The summed E-state index contributed by atoms with van der Waals surface area (Å²) in [6.07, 6.45) is -0.563. The smallest absolute Gasteiger partial charge is 0.345 e. The first-order valence-corrected chi connectivity index (χ1v) is 7.98. The largest absolute Gasteiger partial charge is 0.478 e. The number of carboxylic acid groups (broad SMARTS) is 1. The summed E-state index contributed by atoms with van der Waals surface area (Å²) < 4.78 is 5.80. The zero-order chi connectivity index (χ0) is 17.1. The molecule has 0 aliphatic carbocycles. The molecule has 3 aromatic rings. The highest BCUT2D eigenvalue weighted by Gasteiger charge is 2.22. The molecule has 1 N–H and O–H groups in total. The van der Waals surface area contributed by atoms with Gasteiger partial charge in [0.1, 0.15) is 5.75 Å². The molecular formula is C21H20O3. The van der Waals surface area contributed by atoms with Crippen molar-refractivity contribution in [2.45, 2.75) is 26.4 Å². The van der Waals surface area contributed by atoms with Gasteiger partial charge >= 0.3 is 5.97 Å². The van der Waals surface area contributed by atoms with E-state index < -0.39 is 12.1 Å². The molecule has 1 atom stereocenters. The van der Waals surface area contributed by atoms with Gasteiger partial charge in [-0.15, -0.1) is 0 Å². The molecule has 0 spiro atoms. The van der Waals surface area contributed by atoms with Gasteiger partial charge in [-0.2, -0.15) is 0 Å². The van der Waals surface area contributed by atoms with Crippen LogP contribution in [0.2, 0.25) is 0 Å². The first-order chi connectivity index (χ1) is 11.5. The zero-order valence-electron chi connectivity index (χ0n) is 13.8. The Morgan fingerprint density at radius 1 is 0.958 bits per heavy atom. The van der Waals surface area contributed by atoms with Crippen molar-refractivity contribution in [3.8, 4) is 5.75 Å². The van der Waals surface area contributed by atoms with Crippen molar-refractivity contribution in [3.63, 3.8) is 0 Å². The third-order valence-electron chi connectivity index (χ3n) is 4.31. The number of carboxylic acids is 1. The van der Waals surface area contributed by atoms with Crippen LogP contribution in [0.1, 0.15) is 16.7 Å². The molecule has 0 aliphatic heterocycles. The van der Waals surface area contributed by atoms with Gasteiger partial charge in [0, 0.05) is 6.42 Å². The van der Waals surface area contributed by atoms with E-state index in [0.717, 1.165) is 27.5 Å². The van der Waals surface area contributed by atoms with E-state index in [-0.39, 0.29) is 0 Å². The third kappa shape index (κ3) is 3.40. The van der Waals surface area contributed by atoms with Crippen LogP contribution in [0.25, 0.3) is 10.8 Å². The fourth-order valence-electron chi connectivity index (χ4n) is 2.94. The second-order valence-electron chi connectivity index (χ2n) is 6.03. The van der Waals surface area contributed by atoms with Crippen LogP contribution in [-0.4, -0.2) is 17.2 Å². The van der Waals surface area contributed by atoms with E-state index in [9.17, 15) is 9.90 Å². The Morgan fingerprint density at radius 2 is 1.62 bits per heavy atom. The van der Waals surface area contributed by atoms with E-state index in [1.54, 1.807) is 0 Å². The lowest BCUT2D eigenvalue weighted by molar-refractivity contribution is -0.145. The van der Waals surface area contributed by atoms with Gasteiger partial charge in [-0.3, -0.25) is 0 Å². The molecule has 0 radical (unpaired) electrons. The topological polar surface area (TPSA) is 46.5 Å². The number of aryl methyl sites for hydroxylation is 2. The molecule has 0 saturated carbocycles. The molecule has 0 heterocycles. The van der Waals surface area contributed by atoms with E-state index in [1.165, 1.54) is 0 Å². The summed E-state index contributed by atoms with van der Waals surface area (Å²) in [6, 6.07) is 19.6. The van der Waals surface area contributed by atoms with Gasteiger partial charge in [0.25, 0.3) is 0 Å². The summed E-state index contributed by atoms with van der Waals surface area (Å²) in [6.45, 7) is 3.99. The van der Waals surface area contributed by atoms with Gasteiger partial charge in [-0.25, -0.2) is 4.79 Å². The molecule has 0 aliphatic rings. The number of rotatable bonds is 5. The van der Waals surface area contributed by atoms with Crippen LogP contribution in [0.4, 0.5) is 0 Å². The van der Waals surface area contributed by atoms with Crippen molar-refractivity contribution in [1.29, 1.82) is 0 Å². The van der Waals surface area contributed by atoms with Gasteiger partial charge in [-0.1, -0.05) is 48.5 Å². The van der Waals surface area contributed by atoms with Gasteiger partial charge in [-0.05, 0) is 53.4 Å². The molecule has 3 heteroatoms. The molecule has 0 fully saturated rings. The number of carbonyl (C=O) groups is 1. The summed E-state index contributed by atoms with van der Waals surface area (Å²) in [4.78, 5) is 11.7. The Balaban J connectivity index is 1.87. The van der Waals surface area contributed by atoms with Gasteiger partial charge in [0.15, 0.2) is 6.10 Å². The minimum absolute atomic E-state index is 0.348. The van der Waals surface area contributed by atoms with Crippen molar-refractivity contribution in [3.05, 3.63) is 77.4 Å². The summed E-state index contributed by atoms with van der Waals surface area (Å²) in [7, 11) is 0. The minimum atomic E-state index is -0.953. The van der Waals surface area contributed by atoms with Crippen LogP contribution in [0.3, 0.4) is 0 Å². The highest BCUT2D eigenvalue weighted by atomic mass is 16.5. The van der Waals surface area contributed by atoms with E-state index in [4.69, 9.17) is 4.74 Å². The normalized spacial score (nSPS) is 12.1. The molecular weight excluding hydrogens is 300 g/mol. The van der Waals surface area contributed by atoms with Crippen molar-refractivity contribution in [2.75, 3.05) is 0 Å². The molecule has 0 aromatic heterocycles. The average molecular weight is 320 g/mol. The van der Waals surface area contributed by atoms with Crippen molar-refractivity contribution >= 4 is 16.7 Å². The summed E-state index contributed by atoms with van der Waals surface area (Å²) in [5, 5.41) is 11.7. The van der Waals surface area contributed by atoms with E-state index in [0.29, 0.717) is 12.2 Å². The summed E-state index contributed by atoms with van der Waals surface area (Å²) in [5.74, 6) is -0.377. The fraction of sp³-hybridized carbons (Fsp3) is 0.190. The predicted molar refractivity (Wildman–Crippen MR) is 95.6 cm³/mol. The van der Waals surface area contributed by atoms with Crippen LogP contribution in [-0.2, 0) is 11.2 Å². The van der Waals surface area contributed by atoms with Crippen LogP contribution >= 0.6 is 0 Å². The van der Waals surface area contributed by atoms with Crippen LogP contribution < -0.4 is 4.74 Å². The molecule has 122 valence electrons. The van der Waals surface area contributed by atoms with Crippen molar-refractivity contribution < 1.29 is 14.6 Å². The summed E-state index contributed by atoms with van der Waals surface area (Å²) >= 11 is 0. The Kier molecular flexibility index (Phi) is 4.52. The van der Waals surface area contributed by atoms with Gasteiger partial charge in [0.05, 0.1) is 0 Å². The second kappa shape index (κ2) is 6.75. The Labute approximate surface area is 141 Å². The first-order valence-electron chi connectivity index (χ1n) is 7.98. The molecule has 0 unspecified atom stereocenters. The number of benzene rings is 3. The SMILES string of the molecule is Cc1cccc(C)c1C[C@@H](Oc1ccc2ccccc2c1)C(=O)O. The maximum atomic E-state index is 11.7. The number of aliphatic carboxylic acids is 1. The van der Waals surface area contributed by atoms with Gasteiger partial charge < -0.3 is 9.84 Å². The number of fused-ring (bicyclic) bond motifs is 1. The average Bonchev–Trinajstić information content (AvgIpc) is 2.57.